The highest BCUT2D eigenvalue weighted by Gasteiger charge is 2.26. The van der Waals surface area contributed by atoms with Crippen LogP contribution < -0.4 is 5.46 Å². The first kappa shape index (κ1) is 15.9. The highest BCUT2D eigenvalue weighted by Crippen LogP contribution is 2.37. The summed E-state index contributed by atoms with van der Waals surface area (Å²) < 4.78 is 0. The minimum Gasteiger partial charge on any atom is -0.507 e. The number of benzene rings is 1. The molecule has 1 aromatic carbocycles. The van der Waals surface area contributed by atoms with Crippen LogP contribution in [-0.4, -0.2) is 17.3 Å². The largest absolute Gasteiger partial charge is 0.507 e. The Morgan fingerprint density at radius 1 is 0.944 bits per heavy atom. The molecule has 0 unspecified atom stereocenters. The smallest absolute Gasteiger partial charge is 0.170 e. The molecule has 0 atom stereocenters. The predicted molar refractivity (Wildman–Crippen MR) is 93.5 cm³/mol. The zero-order valence-electron chi connectivity index (χ0n) is 12.4. The molecule has 1 rings (SSSR count). The molecule has 0 amide bonds. The van der Waals surface area contributed by atoms with Crippen LogP contribution in [0.3, 0.4) is 0 Å². The van der Waals surface area contributed by atoms with Crippen molar-refractivity contribution in [2.24, 2.45) is 0 Å². The SMILES string of the molecule is CC(C)(C)c1cc(BBI)cc(C(C)(C)C)c1O. The van der Waals surface area contributed by atoms with Crippen molar-refractivity contribution in [2.75, 3.05) is 0 Å². The van der Waals surface area contributed by atoms with Gasteiger partial charge in [-0.15, -0.1) is 0 Å². The fourth-order valence-electron chi connectivity index (χ4n) is 2.09. The summed E-state index contributed by atoms with van der Waals surface area (Å²) in [6, 6.07) is 4.34. The Balaban J connectivity index is 3.48. The van der Waals surface area contributed by atoms with Crippen molar-refractivity contribution in [1.82, 2.24) is 0 Å². The van der Waals surface area contributed by atoms with Gasteiger partial charge in [0.05, 0.1) is 0 Å². The number of halogens is 1. The van der Waals surface area contributed by atoms with E-state index >= 15 is 0 Å². The second-order valence-electron chi connectivity index (χ2n) is 6.98. The third-order valence-electron chi connectivity index (χ3n) is 3.17. The molecule has 0 spiro atoms. The molecule has 0 bridgehead atoms. The van der Waals surface area contributed by atoms with E-state index in [0.29, 0.717) is 5.75 Å². The maximum absolute atomic E-state index is 10.6. The lowest BCUT2D eigenvalue weighted by Crippen LogP contribution is -2.26. The van der Waals surface area contributed by atoms with Gasteiger partial charge in [-0.1, -0.05) is 59.1 Å². The Morgan fingerprint density at radius 2 is 1.33 bits per heavy atom. The summed E-state index contributed by atoms with van der Waals surface area (Å²) in [5.74, 6) is 0.479. The molecule has 0 aromatic heterocycles. The van der Waals surface area contributed by atoms with Gasteiger partial charge in [-0.05, 0) is 22.0 Å². The van der Waals surface area contributed by atoms with Gasteiger partial charge >= 0.3 is 0 Å². The molecule has 98 valence electrons. The van der Waals surface area contributed by atoms with Crippen LogP contribution in [0, 0.1) is 0 Å². The van der Waals surface area contributed by atoms with Crippen LogP contribution in [0.5, 0.6) is 5.75 Å². The molecule has 0 saturated carbocycles. The molecule has 1 nitrogen and oxygen atoms in total. The highest BCUT2D eigenvalue weighted by atomic mass is 127. The molecule has 0 fully saturated rings. The van der Waals surface area contributed by atoms with Crippen LogP contribution in [0.1, 0.15) is 52.7 Å². The summed E-state index contributed by atoms with van der Waals surface area (Å²) in [7, 11) is 1.06. The average Bonchev–Trinajstić information content (AvgIpc) is 2.17. The zero-order valence-corrected chi connectivity index (χ0v) is 14.6. The maximum Gasteiger partial charge on any atom is 0.170 e. The summed E-state index contributed by atoms with van der Waals surface area (Å²) in [4.78, 5) is 0. The molecule has 0 aliphatic carbocycles. The monoisotopic (exact) mass is 356 g/mol. The Hall–Kier alpha value is -0.120. The van der Waals surface area contributed by atoms with Crippen molar-refractivity contribution in [1.29, 1.82) is 0 Å². The van der Waals surface area contributed by atoms with Gasteiger partial charge in [0, 0.05) is 0 Å². The normalized spacial score (nSPS) is 12.4. The van der Waals surface area contributed by atoms with Gasteiger partial charge in [-0.2, -0.15) is 22.4 Å². The van der Waals surface area contributed by atoms with E-state index in [0.717, 1.165) is 23.3 Å². The standard InChI is InChI=1S/C14H23B2IO/c1-13(2,3)10-7-9(15-16-17)8-11(12(10)18)14(4,5)6/h7-8,15-16,18H,1-6H3. The van der Waals surface area contributed by atoms with E-state index in [9.17, 15) is 5.11 Å². The summed E-state index contributed by atoms with van der Waals surface area (Å²) in [5, 5.41) is 11.7. The number of phenols is 1. The zero-order chi connectivity index (χ0) is 14.1. The minimum atomic E-state index is -0.0225. The number of hydrogen-bond acceptors (Lipinski definition) is 1. The first-order chi connectivity index (χ1) is 8.07. The fraction of sp³-hybridized carbons (Fsp3) is 0.571. The summed E-state index contributed by atoms with van der Waals surface area (Å²) in [5.41, 5.74) is 3.41. The van der Waals surface area contributed by atoms with E-state index in [1.165, 1.54) is 5.46 Å². The van der Waals surface area contributed by atoms with Gasteiger partial charge in [0.2, 0.25) is 0 Å². The van der Waals surface area contributed by atoms with Crippen molar-refractivity contribution >= 4 is 40.0 Å². The van der Waals surface area contributed by atoms with E-state index in [1.807, 2.05) is 0 Å². The molecular formula is C14H23B2IO. The Kier molecular flexibility index (Phi) is 4.85. The van der Waals surface area contributed by atoms with Crippen LogP contribution >= 0.6 is 22.4 Å². The molecule has 1 aromatic rings. The van der Waals surface area contributed by atoms with Crippen molar-refractivity contribution in [2.45, 2.75) is 52.4 Å². The van der Waals surface area contributed by atoms with E-state index in [4.69, 9.17) is 0 Å². The van der Waals surface area contributed by atoms with Crippen LogP contribution in [0.2, 0.25) is 0 Å². The quantitative estimate of drug-likeness (QED) is 0.639. The Labute approximate surface area is 126 Å². The van der Waals surface area contributed by atoms with E-state index < -0.39 is 0 Å². The first-order valence-corrected chi connectivity index (χ1v) is 8.02. The second-order valence-corrected chi connectivity index (χ2v) is 8.06. The topological polar surface area (TPSA) is 20.2 Å². The lowest BCUT2D eigenvalue weighted by Gasteiger charge is -2.28. The number of aromatic hydroxyl groups is 1. The Bertz CT molecular complexity index is 395. The molecular weight excluding hydrogens is 333 g/mol. The predicted octanol–water partition coefficient (Wildman–Crippen LogP) is 2.75. The van der Waals surface area contributed by atoms with E-state index in [2.05, 4.69) is 76.0 Å². The molecule has 0 heterocycles. The average molecular weight is 356 g/mol. The van der Waals surface area contributed by atoms with Crippen molar-refractivity contribution in [3.63, 3.8) is 0 Å². The molecule has 4 heteroatoms. The first-order valence-electron chi connectivity index (χ1n) is 6.50. The van der Waals surface area contributed by atoms with Gasteiger partial charge in [0.1, 0.15) is 12.9 Å². The minimum absolute atomic E-state index is 0.0225. The number of phenolic OH excluding ortho intramolecular Hbond substituents is 1. The molecule has 1 N–H and O–H groups in total. The molecule has 0 saturated heterocycles. The lowest BCUT2D eigenvalue weighted by atomic mass is 9.50. The van der Waals surface area contributed by atoms with Crippen molar-refractivity contribution in [3.05, 3.63) is 23.3 Å². The van der Waals surface area contributed by atoms with Crippen LogP contribution in [0.25, 0.3) is 0 Å². The van der Waals surface area contributed by atoms with Gasteiger partial charge in [-0.25, -0.2) is 0 Å². The van der Waals surface area contributed by atoms with Crippen LogP contribution in [0.15, 0.2) is 12.1 Å². The van der Waals surface area contributed by atoms with Crippen LogP contribution in [0.4, 0.5) is 0 Å². The summed E-state index contributed by atoms with van der Waals surface area (Å²) in [6.07, 6.45) is 0. The molecule has 18 heavy (non-hydrogen) atoms. The third-order valence-corrected chi connectivity index (χ3v) is 3.71. The van der Waals surface area contributed by atoms with Crippen molar-refractivity contribution < 1.29 is 5.11 Å². The number of rotatable bonds is 2. The second kappa shape index (κ2) is 5.48. The highest BCUT2D eigenvalue weighted by molar-refractivity contribution is 14.1. The van der Waals surface area contributed by atoms with Gasteiger partial charge in [0.15, 0.2) is 5.03 Å². The maximum atomic E-state index is 10.6. The van der Waals surface area contributed by atoms with E-state index in [1.54, 1.807) is 0 Å². The summed E-state index contributed by atoms with van der Waals surface area (Å²) >= 11 is 2.40. The molecule has 0 aliphatic heterocycles. The van der Waals surface area contributed by atoms with E-state index in [-0.39, 0.29) is 10.8 Å². The fourth-order valence-corrected chi connectivity index (χ4v) is 2.71. The van der Waals surface area contributed by atoms with Crippen LogP contribution in [-0.2, 0) is 10.8 Å². The molecule has 0 aliphatic rings. The van der Waals surface area contributed by atoms with Gasteiger partial charge in [0.25, 0.3) is 0 Å². The summed E-state index contributed by atoms with van der Waals surface area (Å²) in [6.45, 7) is 12.9. The number of hydrogen-bond donors (Lipinski definition) is 1. The van der Waals surface area contributed by atoms with Gasteiger partial charge in [-0.3, -0.25) is 0 Å². The van der Waals surface area contributed by atoms with Crippen molar-refractivity contribution in [3.8, 4) is 5.75 Å². The lowest BCUT2D eigenvalue weighted by molar-refractivity contribution is 0.424. The molecule has 0 radical (unpaired) electrons. The Morgan fingerprint density at radius 3 is 1.61 bits per heavy atom. The third kappa shape index (κ3) is 3.69. The van der Waals surface area contributed by atoms with Gasteiger partial charge < -0.3 is 5.11 Å².